The summed E-state index contributed by atoms with van der Waals surface area (Å²) >= 11 is 3.52. The van der Waals surface area contributed by atoms with Gasteiger partial charge in [0.2, 0.25) is 5.95 Å². The fourth-order valence-electron chi connectivity index (χ4n) is 2.56. The van der Waals surface area contributed by atoms with E-state index in [-0.39, 0.29) is 0 Å². The number of para-hydroxylation sites is 1. The molecule has 0 spiro atoms. The van der Waals surface area contributed by atoms with Crippen LogP contribution in [0, 0.1) is 5.92 Å². The summed E-state index contributed by atoms with van der Waals surface area (Å²) in [5.41, 5.74) is 8.28. The first-order valence-electron chi connectivity index (χ1n) is 6.28. The Kier molecular flexibility index (Phi) is 3.14. The van der Waals surface area contributed by atoms with Crippen molar-refractivity contribution in [2.45, 2.75) is 13.3 Å². The molecule has 0 aliphatic carbocycles. The highest BCUT2D eigenvalue weighted by Crippen LogP contribution is 2.37. The van der Waals surface area contributed by atoms with E-state index in [0.717, 1.165) is 23.3 Å². The second-order valence-corrected chi connectivity index (χ2v) is 5.80. The first-order valence-corrected chi connectivity index (χ1v) is 7.08. The predicted octanol–water partition coefficient (Wildman–Crippen LogP) is 3.15. The molecule has 2 N–H and O–H groups in total. The highest BCUT2D eigenvalue weighted by Gasteiger charge is 2.25. The maximum Gasteiger partial charge on any atom is 0.222 e. The van der Waals surface area contributed by atoms with Crippen LogP contribution in [0.1, 0.15) is 12.5 Å². The zero-order valence-corrected chi connectivity index (χ0v) is 12.3. The molecule has 0 saturated carbocycles. The minimum absolute atomic E-state index is 0.300. The van der Waals surface area contributed by atoms with Crippen molar-refractivity contribution >= 4 is 33.4 Å². The number of fused-ring (bicyclic) bond motifs is 1. The van der Waals surface area contributed by atoms with Crippen molar-refractivity contribution in [2.24, 2.45) is 5.92 Å². The summed E-state index contributed by atoms with van der Waals surface area (Å²) < 4.78 is 0.866. The lowest BCUT2D eigenvalue weighted by Gasteiger charge is -2.34. The Balaban J connectivity index is 2.12. The average Bonchev–Trinajstić information content (AvgIpc) is 2.40. The monoisotopic (exact) mass is 318 g/mol. The topological polar surface area (TPSA) is 55.0 Å². The molecule has 1 aromatic heterocycles. The number of benzene rings is 1. The van der Waals surface area contributed by atoms with Gasteiger partial charge in [0, 0.05) is 18.4 Å². The minimum atomic E-state index is 0.300. The molecule has 5 heteroatoms. The van der Waals surface area contributed by atoms with Crippen LogP contribution in [-0.2, 0) is 6.42 Å². The number of nitrogen functional groups attached to an aromatic ring is 1. The number of hydrogen-bond donors (Lipinski definition) is 1. The molecule has 4 nitrogen and oxygen atoms in total. The van der Waals surface area contributed by atoms with Gasteiger partial charge in [-0.25, -0.2) is 4.98 Å². The summed E-state index contributed by atoms with van der Waals surface area (Å²) in [5.74, 6) is 1.72. The molecule has 0 fully saturated rings. The largest absolute Gasteiger partial charge is 0.368 e. The Labute approximate surface area is 120 Å². The van der Waals surface area contributed by atoms with Crippen LogP contribution >= 0.6 is 15.9 Å². The number of nitrogens with two attached hydrogens (primary N) is 1. The van der Waals surface area contributed by atoms with E-state index in [2.05, 4.69) is 62.0 Å². The molecule has 2 aromatic rings. The number of halogens is 1. The Bertz CT molecular complexity index is 614. The number of rotatable bonds is 1. The first kappa shape index (κ1) is 12.4. The van der Waals surface area contributed by atoms with Gasteiger partial charge in [0.05, 0.1) is 4.47 Å². The fourth-order valence-corrected chi connectivity index (χ4v) is 2.96. The molecule has 1 atom stereocenters. The van der Waals surface area contributed by atoms with Gasteiger partial charge in [-0.15, -0.1) is 0 Å². The molecule has 98 valence electrons. The third-order valence-corrected chi connectivity index (χ3v) is 3.90. The summed E-state index contributed by atoms with van der Waals surface area (Å²) in [6, 6.07) is 8.45. The predicted molar refractivity (Wildman–Crippen MR) is 80.5 cm³/mol. The van der Waals surface area contributed by atoms with Gasteiger partial charge >= 0.3 is 0 Å². The quantitative estimate of drug-likeness (QED) is 0.877. The number of aromatic nitrogens is 2. The second kappa shape index (κ2) is 4.81. The van der Waals surface area contributed by atoms with Crippen LogP contribution in [0.5, 0.6) is 0 Å². The van der Waals surface area contributed by atoms with Gasteiger partial charge in [-0.05, 0) is 39.9 Å². The standard InChI is InChI=1S/C14H15BrN4/c1-9-6-10-4-2-3-5-12(10)19(8-9)13-11(15)7-17-14(16)18-13/h2-5,7,9H,6,8H2,1H3,(H2,16,17,18). The van der Waals surface area contributed by atoms with Gasteiger partial charge in [0.1, 0.15) is 0 Å². The van der Waals surface area contributed by atoms with Gasteiger partial charge < -0.3 is 10.6 Å². The van der Waals surface area contributed by atoms with E-state index in [9.17, 15) is 0 Å². The zero-order valence-electron chi connectivity index (χ0n) is 10.7. The Morgan fingerprint density at radius 2 is 2.16 bits per heavy atom. The Hall–Kier alpha value is -1.62. The maximum absolute atomic E-state index is 5.72. The first-order chi connectivity index (χ1) is 9.15. The molecule has 0 radical (unpaired) electrons. The van der Waals surface area contributed by atoms with E-state index in [1.54, 1.807) is 6.20 Å². The lowest BCUT2D eigenvalue weighted by Crippen LogP contribution is -2.31. The molecule has 1 unspecified atom stereocenters. The Morgan fingerprint density at radius 1 is 1.37 bits per heavy atom. The molecular formula is C14H15BrN4. The molecule has 2 heterocycles. The molecule has 0 saturated heterocycles. The van der Waals surface area contributed by atoms with Crippen molar-refractivity contribution in [1.82, 2.24) is 9.97 Å². The molecule has 3 rings (SSSR count). The SMILES string of the molecule is CC1Cc2ccccc2N(c2nc(N)ncc2Br)C1. The smallest absolute Gasteiger partial charge is 0.222 e. The van der Waals surface area contributed by atoms with Crippen LogP contribution in [0.4, 0.5) is 17.5 Å². The summed E-state index contributed by atoms with van der Waals surface area (Å²) in [6.07, 6.45) is 2.81. The van der Waals surface area contributed by atoms with Crippen molar-refractivity contribution in [1.29, 1.82) is 0 Å². The molecule has 19 heavy (non-hydrogen) atoms. The van der Waals surface area contributed by atoms with Gasteiger partial charge in [0.25, 0.3) is 0 Å². The third kappa shape index (κ3) is 2.30. The van der Waals surface area contributed by atoms with Crippen molar-refractivity contribution in [3.05, 3.63) is 40.5 Å². The van der Waals surface area contributed by atoms with Gasteiger partial charge in [-0.2, -0.15) is 4.98 Å². The fraction of sp³-hybridized carbons (Fsp3) is 0.286. The number of hydrogen-bond acceptors (Lipinski definition) is 4. The third-order valence-electron chi connectivity index (χ3n) is 3.34. The average molecular weight is 319 g/mol. The Morgan fingerprint density at radius 3 is 3.00 bits per heavy atom. The van der Waals surface area contributed by atoms with E-state index in [1.165, 1.54) is 11.3 Å². The van der Waals surface area contributed by atoms with E-state index >= 15 is 0 Å². The van der Waals surface area contributed by atoms with Crippen LogP contribution in [0.15, 0.2) is 34.9 Å². The van der Waals surface area contributed by atoms with E-state index < -0.39 is 0 Å². The van der Waals surface area contributed by atoms with Crippen LogP contribution < -0.4 is 10.6 Å². The zero-order chi connectivity index (χ0) is 13.4. The van der Waals surface area contributed by atoms with Crippen molar-refractivity contribution < 1.29 is 0 Å². The molecule has 1 aliphatic rings. The minimum Gasteiger partial charge on any atom is -0.368 e. The van der Waals surface area contributed by atoms with E-state index in [4.69, 9.17) is 5.73 Å². The van der Waals surface area contributed by atoms with E-state index in [0.29, 0.717) is 11.9 Å². The van der Waals surface area contributed by atoms with Crippen molar-refractivity contribution in [3.63, 3.8) is 0 Å². The van der Waals surface area contributed by atoms with Gasteiger partial charge in [0.15, 0.2) is 5.82 Å². The van der Waals surface area contributed by atoms with Crippen LogP contribution in [0.2, 0.25) is 0 Å². The number of anilines is 3. The maximum atomic E-state index is 5.72. The van der Waals surface area contributed by atoms with Gasteiger partial charge in [-0.3, -0.25) is 0 Å². The van der Waals surface area contributed by atoms with Crippen LogP contribution in [0.3, 0.4) is 0 Å². The highest BCUT2D eigenvalue weighted by molar-refractivity contribution is 9.10. The summed E-state index contributed by atoms with van der Waals surface area (Å²) in [5, 5.41) is 0. The van der Waals surface area contributed by atoms with Crippen molar-refractivity contribution in [3.8, 4) is 0 Å². The van der Waals surface area contributed by atoms with Gasteiger partial charge in [-0.1, -0.05) is 25.1 Å². The lowest BCUT2D eigenvalue weighted by molar-refractivity contribution is 0.559. The van der Waals surface area contributed by atoms with Crippen LogP contribution in [0.25, 0.3) is 0 Å². The normalized spacial score (nSPS) is 18.2. The molecule has 0 bridgehead atoms. The summed E-state index contributed by atoms with van der Waals surface area (Å²) in [7, 11) is 0. The molecule has 1 aliphatic heterocycles. The van der Waals surface area contributed by atoms with Crippen LogP contribution in [-0.4, -0.2) is 16.5 Å². The molecule has 0 amide bonds. The molecular weight excluding hydrogens is 304 g/mol. The highest BCUT2D eigenvalue weighted by atomic mass is 79.9. The molecule has 1 aromatic carbocycles. The van der Waals surface area contributed by atoms with E-state index in [1.807, 2.05) is 0 Å². The second-order valence-electron chi connectivity index (χ2n) is 4.95. The summed E-state index contributed by atoms with van der Waals surface area (Å²) in [6.45, 7) is 3.19. The summed E-state index contributed by atoms with van der Waals surface area (Å²) in [4.78, 5) is 10.6. The van der Waals surface area contributed by atoms with Crippen molar-refractivity contribution in [2.75, 3.05) is 17.2 Å². The number of nitrogens with zero attached hydrogens (tertiary/aromatic N) is 3. The lowest BCUT2D eigenvalue weighted by atomic mass is 9.94.